The van der Waals surface area contributed by atoms with Gasteiger partial charge in [0, 0.05) is 60.3 Å². The van der Waals surface area contributed by atoms with Gasteiger partial charge in [-0.15, -0.1) is 0 Å². The van der Waals surface area contributed by atoms with E-state index >= 15 is 0 Å². The van der Waals surface area contributed by atoms with Crippen LogP contribution in [0.3, 0.4) is 0 Å². The van der Waals surface area contributed by atoms with E-state index in [2.05, 4.69) is 261 Å². The van der Waals surface area contributed by atoms with Crippen molar-refractivity contribution in [2.75, 3.05) is 0 Å². The molecular formula is C70H50N4. The summed E-state index contributed by atoms with van der Waals surface area (Å²) in [6, 6.07) is 84.4. The molecule has 0 bridgehead atoms. The quantitative estimate of drug-likeness (QED) is 0.166. The third kappa shape index (κ3) is 6.03. The first-order valence-corrected chi connectivity index (χ1v) is 25.8. The van der Waals surface area contributed by atoms with E-state index in [9.17, 15) is 0 Å². The molecule has 0 amide bonds. The van der Waals surface area contributed by atoms with Crippen LogP contribution in [0.2, 0.25) is 0 Å². The first kappa shape index (κ1) is 42.6. The molecule has 0 saturated carbocycles. The number of aromatic nitrogens is 4. The Labute approximate surface area is 430 Å². The van der Waals surface area contributed by atoms with Gasteiger partial charge in [-0.25, -0.2) is 9.97 Å². The summed E-state index contributed by atoms with van der Waals surface area (Å²) in [7, 11) is 0. The fourth-order valence-electron chi connectivity index (χ4n) is 13.2. The number of hydrogen-bond donors (Lipinski definition) is 0. The largest absolute Gasteiger partial charge is 0.309 e. The van der Waals surface area contributed by atoms with Crippen LogP contribution in [0.25, 0.3) is 122 Å². The Kier molecular flexibility index (Phi) is 9.02. The maximum absolute atomic E-state index is 5.36. The van der Waals surface area contributed by atoms with Gasteiger partial charge in [0.05, 0.1) is 39.1 Å². The van der Waals surface area contributed by atoms with Crippen molar-refractivity contribution in [3.8, 4) is 78.7 Å². The molecule has 15 rings (SSSR count). The second kappa shape index (κ2) is 15.7. The molecule has 3 heterocycles. The third-order valence-corrected chi connectivity index (χ3v) is 16.5. The number of hydrogen-bond acceptors (Lipinski definition) is 2. The molecule has 3 aromatic heterocycles. The van der Waals surface area contributed by atoms with Crippen molar-refractivity contribution in [1.29, 1.82) is 0 Å². The van der Waals surface area contributed by atoms with Crippen molar-refractivity contribution in [2.45, 2.75) is 38.5 Å². The highest BCUT2D eigenvalue weighted by atomic mass is 15.0. The van der Waals surface area contributed by atoms with Crippen LogP contribution in [0, 0.1) is 0 Å². The Morgan fingerprint density at radius 3 is 1.45 bits per heavy atom. The van der Waals surface area contributed by atoms with Crippen molar-refractivity contribution in [3.63, 3.8) is 0 Å². The number of fused-ring (bicyclic) bond motifs is 14. The Bertz CT molecular complexity index is 4420. The second-order valence-electron chi connectivity index (χ2n) is 21.3. The monoisotopic (exact) mass is 946 g/mol. The van der Waals surface area contributed by atoms with E-state index < -0.39 is 0 Å². The van der Waals surface area contributed by atoms with Gasteiger partial charge in [-0.1, -0.05) is 204 Å². The Hall–Kier alpha value is -9.12. The summed E-state index contributed by atoms with van der Waals surface area (Å²) in [6.45, 7) is 9.58. The molecule has 4 nitrogen and oxygen atoms in total. The Morgan fingerprint density at radius 1 is 0.324 bits per heavy atom. The van der Waals surface area contributed by atoms with Gasteiger partial charge in [0.25, 0.3) is 0 Å². The lowest BCUT2D eigenvalue weighted by Gasteiger charge is -2.23. The first-order valence-electron chi connectivity index (χ1n) is 25.8. The molecule has 2 aliphatic carbocycles. The van der Waals surface area contributed by atoms with E-state index in [1.54, 1.807) is 0 Å². The lowest BCUT2D eigenvalue weighted by Crippen LogP contribution is -2.15. The van der Waals surface area contributed by atoms with E-state index in [1.807, 2.05) is 6.07 Å². The van der Waals surface area contributed by atoms with Gasteiger partial charge in [0.2, 0.25) is 0 Å². The summed E-state index contributed by atoms with van der Waals surface area (Å²) < 4.78 is 5.01. The smallest absolute Gasteiger partial charge is 0.160 e. The van der Waals surface area contributed by atoms with Gasteiger partial charge in [-0.2, -0.15) is 0 Å². The van der Waals surface area contributed by atoms with E-state index in [0.717, 1.165) is 50.6 Å². The molecule has 0 fully saturated rings. The fraction of sp³-hybridized carbons (Fsp3) is 0.0857. The zero-order chi connectivity index (χ0) is 49.5. The van der Waals surface area contributed by atoms with Crippen LogP contribution in [0.15, 0.2) is 231 Å². The molecule has 2 aliphatic rings. The fourth-order valence-corrected chi connectivity index (χ4v) is 13.2. The van der Waals surface area contributed by atoms with E-state index in [1.165, 1.54) is 88.1 Å². The van der Waals surface area contributed by atoms with Crippen molar-refractivity contribution < 1.29 is 0 Å². The summed E-state index contributed by atoms with van der Waals surface area (Å²) in [4.78, 5) is 10.5. The minimum absolute atomic E-state index is 0.167. The highest BCUT2D eigenvalue weighted by Crippen LogP contribution is 2.55. The Balaban J connectivity index is 0.996. The van der Waals surface area contributed by atoms with Crippen LogP contribution in [0.5, 0.6) is 0 Å². The molecule has 10 aromatic carbocycles. The van der Waals surface area contributed by atoms with Crippen LogP contribution < -0.4 is 0 Å². The van der Waals surface area contributed by atoms with E-state index in [0.29, 0.717) is 5.82 Å². The number of benzene rings is 10. The predicted octanol–water partition coefficient (Wildman–Crippen LogP) is 18.0. The van der Waals surface area contributed by atoms with Gasteiger partial charge in [-0.3, -0.25) is 0 Å². The number of nitrogens with zero attached hydrogens (tertiary/aromatic N) is 4. The molecule has 0 saturated heterocycles. The maximum Gasteiger partial charge on any atom is 0.160 e. The Morgan fingerprint density at radius 2 is 0.824 bits per heavy atom. The van der Waals surface area contributed by atoms with Crippen molar-refractivity contribution in [2.24, 2.45) is 0 Å². The molecule has 13 aromatic rings. The maximum atomic E-state index is 5.36. The molecule has 0 atom stereocenters. The standard InChI is InChI=1S/C70H50N4/c1-69(2)55-30-15-11-26-48(55)50-35-38-62-64(66(50)69)52-28-13-17-32-59(52)73(62)47-25-19-24-45(40-47)54-41-46(58-42-57(43-20-7-5-8-21-43)71-68(72-58)44-22-9-6-10-23-44)34-37-61(54)74-60-33-18-14-29-53(60)65-63(74)39-36-51-49-27-12-16-31-56(49)70(3,4)67(51)65/h5-42H,1-4H3. The summed E-state index contributed by atoms with van der Waals surface area (Å²) in [6.07, 6.45) is 0. The average molecular weight is 947 g/mol. The number of rotatable bonds is 6. The van der Waals surface area contributed by atoms with Gasteiger partial charge in [0.15, 0.2) is 5.82 Å². The van der Waals surface area contributed by atoms with Gasteiger partial charge in [-0.05, 0) is 105 Å². The second-order valence-corrected chi connectivity index (χ2v) is 21.3. The minimum Gasteiger partial charge on any atom is -0.309 e. The molecular weight excluding hydrogens is 897 g/mol. The normalized spacial score (nSPS) is 13.9. The van der Waals surface area contributed by atoms with Crippen molar-refractivity contribution in [3.05, 3.63) is 253 Å². The lowest BCUT2D eigenvalue weighted by atomic mass is 9.80. The summed E-state index contributed by atoms with van der Waals surface area (Å²) in [5.74, 6) is 0.693. The third-order valence-electron chi connectivity index (χ3n) is 16.5. The van der Waals surface area contributed by atoms with Crippen LogP contribution in [0.4, 0.5) is 0 Å². The zero-order valence-corrected chi connectivity index (χ0v) is 41.7. The van der Waals surface area contributed by atoms with Crippen molar-refractivity contribution in [1.82, 2.24) is 19.1 Å². The molecule has 350 valence electrons. The zero-order valence-electron chi connectivity index (χ0n) is 41.7. The molecule has 0 spiro atoms. The van der Waals surface area contributed by atoms with Crippen LogP contribution in [-0.2, 0) is 10.8 Å². The molecule has 4 heteroatoms. The molecule has 0 aliphatic heterocycles. The van der Waals surface area contributed by atoms with Crippen LogP contribution >= 0.6 is 0 Å². The van der Waals surface area contributed by atoms with E-state index in [4.69, 9.17) is 9.97 Å². The topological polar surface area (TPSA) is 35.6 Å². The van der Waals surface area contributed by atoms with Gasteiger partial charge in [0.1, 0.15) is 0 Å². The van der Waals surface area contributed by atoms with Crippen molar-refractivity contribution >= 4 is 43.6 Å². The predicted molar refractivity (Wildman–Crippen MR) is 308 cm³/mol. The molecule has 0 unspecified atom stereocenters. The summed E-state index contributed by atoms with van der Waals surface area (Å²) in [5.41, 5.74) is 24.5. The molecule has 74 heavy (non-hydrogen) atoms. The SMILES string of the molecule is CC1(C)c2ccccc2-c2ccc3c(c21)c1ccccc1n3-c1cccc(-c2cc(-c3cc(-c4ccccc4)nc(-c4ccccc4)n3)ccc2-n2c3ccccc3c3c4c(ccc32)-c2ccccc2C4(C)C)c1. The average Bonchev–Trinajstić information content (AvgIpc) is 4.23. The highest BCUT2D eigenvalue weighted by molar-refractivity contribution is 6.16. The van der Waals surface area contributed by atoms with Crippen LogP contribution in [-0.4, -0.2) is 19.1 Å². The first-order chi connectivity index (χ1) is 36.2. The van der Waals surface area contributed by atoms with E-state index in [-0.39, 0.29) is 10.8 Å². The molecule has 0 N–H and O–H groups in total. The van der Waals surface area contributed by atoms with Crippen LogP contribution in [0.1, 0.15) is 49.9 Å². The highest BCUT2D eigenvalue weighted by Gasteiger charge is 2.39. The minimum atomic E-state index is -0.193. The number of para-hydroxylation sites is 2. The molecule has 0 radical (unpaired) electrons. The summed E-state index contributed by atoms with van der Waals surface area (Å²) >= 11 is 0. The van der Waals surface area contributed by atoms with Gasteiger partial charge < -0.3 is 9.13 Å². The lowest BCUT2D eigenvalue weighted by molar-refractivity contribution is 0.666. The summed E-state index contributed by atoms with van der Waals surface area (Å²) in [5, 5.41) is 5.15. The van der Waals surface area contributed by atoms with Gasteiger partial charge >= 0.3 is 0 Å².